The molecule has 0 heterocycles. The Hall–Kier alpha value is -2.11. The molecule has 0 aliphatic rings. The molecule has 1 aromatic carbocycles. The number of aromatic carboxylic acids is 1. The zero-order chi connectivity index (χ0) is 15.5. The van der Waals surface area contributed by atoms with Crippen LogP contribution in [0.5, 0.6) is 0 Å². The van der Waals surface area contributed by atoms with Crippen LogP contribution < -0.4 is 0 Å². The maximum absolute atomic E-state index is 13.7. The number of carbonyl (C=O) groups excluding carboxylic acids is 1. The highest BCUT2D eigenvalue weighted by Gasteiger charge is 2.22. The van der Waals surface area contributed by atoms with Gasteiger partial charge in [0.2, 0.25) is 0 Å². The Balaban J connectivity index is 2.93. The smallest absolute Gasteiger partial charge is 0.410 e. The molecule has 0 aliphatic carbocycles. The molecule has 1 N–H and O–H groups in total. The van der Waals surface area contributed by atoms with Crippen LogP contribution in [0.25, 0.3) is 0 Å². The summed E-state index contributed by atoms with van der Waals surface area (Å²) < 4.78 is 18.9. The highest BCUT2D eigenvalue weighted by molar-refractivity contribution is 5.89. The molecule has 110 valence electrons. The standard InChI is InChI=1S/C14H18FNO4/c1-14(2,3)20-13(19)16(4)8-10-9(12(17)18)6-5-7-11(10)15/h5-7H,8H2,1-4H3,(H,17,18). The van der Waals surface area contributed by atoms with Crippen molar-refractivity contribution in [1.82, 2.24) is 4.90 Å². The predicted molar refractivity (Wildman–Crippen MR) is 71.1 cm³/mol. The van der Waals surface area contributed by atoms with Crippen molar-refractivity contribution < 1.29 is 23.8 Å². The van der Waals surface area contributed by atoms with E-state index in [1.165, 1.54) is 19.2 Å². The lowest BCUT2D eigenvalue weighted by Gasteiger charge is -2.25. The van der Waals surface area contributed by atoms with Gasteiger partial charge in [-0.25, -0.2) is 14.0 Å². The van der Waals surface area contributed by atoms with E-state index in [0.29, 0.717) is 0 Å². The van der Waals surface area contributed by atoms with E-state index in [0.717, 1.165) is 11.0 Å². The third kappa shape index (κ3) is 4.22. The summed E-state index contributed by atoms with van der Waals surface area (Å²) in [4.78, 5) is 24.0. The number of nitrogens with zero attached hydrogens (tertiary/aromatic N) is 1. The van der Waals surface area contributed by atoms with Crippen molar-refractivity contribution in [2.45, 2.75) is 32.9 Å². The Morgan fingerprint density at radius 1 is 1.35 bits per heavy atom. The number of ether oxygens (including phenoxy) is 1. The number of halogens is 1. The van der Waals surface area contributed by atoms with Crippen LogP contribution in [-0.2, 0) is 11.3 Å². The Morgan fingerprint density at radius 3 is 2.45 bits per heavy atom. The summed E-state index contributed by atoms with van der Waals surface area (Å²) in [7, 11) is 1.42. The monoisotopic (exact) mass is 283 g/mol. The summed E-state index contributed by atoms with van der Waals surface area (Å²) >= 11 is 0. The first-order chi connectivity index (χ1) is 9.11. The highest BCUT2D eigenvalue weighted by atomic mass is 19.1. The summed E-state index contributed by atoms with van der Waals surface area (Å²) in [6, 6.07) is 3.77. The van der Waals surface area contributed by atoms with E-state index in [-0.39, 0.29) is 17.7 Å². The van der Waals surface area contributed by atoms with Crippen LogP contribution in [0.2, 0.25) is 0 Å². The second-order valence-electron chi connectivity index (χ2n) is 5.41. The molecule has 0 saturated heterocycles. The van der Waals surface area contributed by atoms with E-state index >= 15 is 0 Å². The maximum Gasteiger partial charge on any atom is 0.410 e. The van der Waals surface area contributed by atoms with E-state index in [1.54, 1.807) is 20.8 Å². The molecule has 0 radical (unpaired) electrons. The van der Waals surface area contributed by atoms with Gasteiger partial charge >= 0.3 is 12.1 Å². The molecule has 0 atom stereocenters. The third-order valence-electron chi connectivity index (χ3n) is 2.45. The van der Waals surface area contributed by atoms with Crippen molar-refractivity contribution in [1.29, 1.82) is 0 Å². The molecule has 0 aromatic heterocycles. The molecule has 0 unspecified atom stereocenters. The van der Waals surface area contributed by atoms with Crippen LogP contribution >= 0.6 is 0 Å². The number of amides is 1. The number of hydrogen-bond donors (Lipinski definition) is 1. The summed E-state index contributed by atoms with van der Waals surface area (Å²) in [6.45, 7) is 4.96. The van der Waals surface area contributed by atoms with E-state index in [1.807, 2.05) is 0 Å². The maximum atomic E-state index is 13.7. The fourth-order valence-electron chi connectivity index (χ4n) is 1.56. The van der Waals surface area contributed by atoms with Crippen LogP contribution in [0.4, 0.5) is 9.18 Å². The Labute approximate surface area is 117 Å². The largest absolute Gasteiger partial charge is 0.478 e. The lowest BCUT2D eigenvalue weighted by atomic mass is 10.1. The summed E-state index contributed by atoms with van der Waals surface area (Å²) in [5, 5.41) is 9.03. The van der Waals surface area contributed by atoms with Crippen molar-refractivity contribution in [3.63, 3.8) is 0 Å². The van der Waals surface area contributed by atoms with Crippen LogP contribution in [0.1, 0.15) is 36.7 Å². The van der Waals surface area contributed by atoms with Crippen molar-refractivity contribution in [3.8, 4) is 0 Å². The van der Waals surface area contributed by atoms with E-state index < -0.39 is 23.5 Å². The van der Waals surface area contributed by atoms with Gasteiger partial charge in [-0.3, -0.25) is 0 Å². The third-order valence-corrected chi connectivity index (χ3v) is 2.45. The minimum atomic E-state index is -1.24. The molecule has 1 aromatic rings. The van der Waals surface area contributed by atoms with Gasteiger partial charge in [-0.1, -0.05) is 6.07 Å². The topological polar surface area (TPSA) is 66.8 Å². The average molecular weight is 283 g/mol. The van der Waals surface area contributed by atoms with Gasteiger partial charge in [0.05, 0.1) is 12.1 Å². The SMILES string of the molecule is CN(Cc1c(F)cccc1C(=O)O)C(=O)OC(C)(C)C. The van der Waals surface area contributed by atoms with Gasteiger partial charge in [0, 0.05) is 12.6 Å². The lowest BCUT2D eigenvalue weighted by molar-refractivity contribution is 0.0281. The number of carboxylic acids is 1. The molecule has 0 aliphatic heterocycles. The molecule has 0 bridgehead atoms. The first kappa shape index (κ1) is 15.9. The molecule has 20 heavy (non-hydrogen) atoms. The van der Waals surface area contributed by atoms with Gasteiger partial charge in [0.1, 0.15) is 11.4 Å². The van der Waals surface area contributed by atoms with Gasteiger partial charge in [0.15, 0.2) is 0 Å². The molecular formula is C14H18FNO4. The first-order valence-corrected chi connectivity index (χ1v) is 6.06. The Kier molecular flexibility index (Phi) is 4.70. The quantitative estimate of drug-likeness (QED) is 0.926. The molecule has 1 amide bonds. The normalized spacial score (nSPS) is 11.1. The summed E-state index contributed by atoms with van der Waals surface area (Å²) in [5.74, 6) is -1.91. The second kappa shape index (κ2) is 5.90. The number of hydrogen-bond acceptors (Lipinski definition) is 3. The average Bonchev–Trinajstić information content (AvgIpc) is 2.28. The number of benzene rings is 1. The Morgan fingerprint density at radius 2 is 1.95 bits per heavy atom. The van der Waals surface area contributed by atoms with Crippen LogP contribution in [-0.4, -0.2) is 34.7 Å². The van der Waals surface area contributed by atoms with E-state index in [4.69, 9.17) is 9.84 Å². The minimum absolute atomic E-state index is 0.0478. The van der Waals surface area contributed by atoms with Crippen molar-refractivity contribution >= 4 is 12.1 Å². The molecule has 6 heteroatoms. The highest BCUT2D eigenvalue weighted by Crippen LogP contribution is 2.17. The molecule has 1 rings (SSSR count). The van der Waals surface area contributed by atoms with Gasteiger partial charge in [0.25, 0.3) is 0 Å². The number of carbonyl (C=O) groups is 2. The second-order valence-corrected chi connectivity index (χ2v) is 5.41. The van der Waals surface area contributed by atoms with Gasteiger partial charge in [-0.2, -0.15) is 0 Å². The number of rotatable bonds is 3. The van der Waals surface area contributed by atoms with Crippen LogP contribution in [0.15, 0.2) is 18.2 Å². The van der Waals surface area contributed by atoms with Crippen LogP contribution in [0.3, 0.4) is 0 Å². The van der Waals surface area contributed by atoms with Crippen molar-refractivity contribution in [3.05, 3.63) is 35.1 Å². The van der Waals surface area contributed by atoms with Crippen molar-refractivity contribution in [2.24, 2.45) is 0 Å². The van der Waals surface area contributed by atoms with Gasteiger partial charge in [-0.15, -0.1) is 0 Å². The predicted octanol–water partition coefficient (Wildman–Crippen LogP) is 2.89. The van der Waals surface area contributed by atoms with E-state index in [9.17, 15) is 14.0 Å². The summed E-state index contributed by atoms with van der Waals surface area (Å²) in [5.41, 5.74) is -0.885. The molecule has 5 nitrogen and oxygen atoms in total. The molecule has 0 spiro atoms. The fraction of sp³-hybridized carbons (Fsp3) is 0.429. The zero-order valence-electron chi connectivity index (χ0n) is 11.9. The lowest BCUT2D eigenvalue weighted by Crippen LogP contribution is -2.34. The summed E-state index contributed by atoms with van der Waals surface area (Å²) in [6.07, 6.45) is -0.642. The number of carboxylic acid groups (broad SMARTS) is 1. The molecule has 0 fully saturated rings. The van der Waals surface area contributed by atoms with E-state index in [2.05, 4.69) is 0 Å². The minimum Gasteiger partial charge on any atom is -0.478 e. The van der Waals surface area contributed by atoms with Crippen molar-refractivity contribution in [2.75, 3.05) is 7.05 Å². The molecular weight excluding hydrogens is 265 g/mol. The Bertz CT molecular complexity index is 522. The van der Waals surface area contributed by atoms with Gasteiger partial charge < -0.3 is 14.7 Å². The zero-order valence-corrected chi connectivity index (χ0v) is 11.9. The van der Waals surface area contributed by atoms with Gasteiger partial charge in [-0.05, 0) is 32.9 Å². The molecule has 0 saturated carbocycles. The fourth-order valence-corrected chi connectivity index (χ4v) is 1.56. The van der Waals surface area contributed by atoms with Crippen LogP contribution in [0, 0.1) is 5.82 Å². The first-order valence-electron chi connectivity index (χ1n) is 6.06.